The third-order valence-corrected chi connectivity index (χ3v) is 1.59. The second-order valence-electron chi connectivity index (χ2n) is 1.81. The molecule has 0 aromatic heterocycles. The molecule has 0 heterocycles. The van der Waals surface area contributed by atoms with Crippen LogP contribution in [0.25, 0.3) is 0 Å². The Hall–Kier alpha value is 0.440. The van der Waals surface area contributed by atoms with Gasteiger partial charge >= 0.3 is 0 Å². The Bertz CT molecular complexity index is 33.5. The first kappa shape index (κ1) is 8.44. The maximum absolute atomic E-state index is 9.88. The summed E-state index contributed by atoms with van der Waals surface area (Å²) in [7, 11) is 0. The fourth-order valence-electron chi connectivity index (χ4n) is 0.550. The molecular weight excluding hydrogens is 168 g/mol. The van der Waals surface area contributed by atoms with E-state index in [1.165, 1.54) is 12.8 Å². The van der Waals surface area contributed by atoms with E-state index in [-0.39, 0.29) is 6.61 Å². The lowest BCUT2D eigenvalue weighted by atomic mass is 10.2. The van der Waals surface area contributed by atoms with E-state index in [0.29, 0.717) is 0 Å². The highest BCUT2D eigenvalue weighted by Gasteiger charge is 1.85. The molecule has 2 heteroatoms. The molecule has 1 nitrogen and oxygen atoms in total. The summed E-state index contributed by atoms with van der Waals surface area (Å²) >= 11 is 3.32. The number of rotatable bonds is 5. The van der Waals surface area contributed by atoms with Gasteiger partial charge < -0.3 is 0 Å². The van der Waals surface area contributed by atoms with Crippen molar-refractivity contribution in [2.24, 2.45) is 0 Å². The van der Waals surface area contributed by atoms with Crippen molar-refractivity contribution in [3.05, 3.63) is 0 Å². The third-order valence-electron chi connectivity index (χ3n) is 1.03. The Labute approximate surface area is 59.2 Å². The molecule has 0 spiro atoms. The maximum Gasteiger partial charge on any atom is 0.0822 e. The van der Waals surface area contributed by atoms with Crippen molar-refractivity contribution in [3.63, 3.8) is 0 Å². The highest BCUT2D eigenvalue weighted by molar-refractivity contribution is 9.09. The second-order valence-corrected chi connectivity index (χ2v) is 2.60. The van der Waals surface area contributed by atoms with Gasteiger partial charge in [0.25, 0.3) is 0 Å². The SMILES string of the molecule is [O]CCCCCCBr. The summed E-state index contributed by atoms with van der Waals surface area (Å²) in [6, 6.07) is 0. The van der Waals surface area contributed by atoms with Gasteiger partial charge in [0, 0.05) is 5.33 Å². The van der Waals surface area contributed by atoms with Gasteiger partial charge in [0.15, 0.2) is 0 Å². The predicted octanol–water partition coefficient (Wildman–Crippen LogP) is 2.37. The summed E-state index contributed by atoms with van der Waals surface area (Å²) in [6.07, 6.45) is 4.37. The molecule has 0 atom stereocenters. The van der Waals surface area contributed by atoms with Gasteiger partial charge in [-0.3, -0.25) is 0 Å². The number of alkyl halides is 1. The fourth-order valence-corrected chi connectivity index (χ4v) is 0.947. The number of halogens is 1. The zero-order valence-electron chi connectivity index (χ0n) is 5.03. The van der Waals surface area contributed by atoms with Crippen molar-refractivity contribution in [1.29, 1.82) is 0 Å². The van der Waals surface area contributed by atoms with Crippen LogP contribution in [0.15, 0.2) is 0 Å². The van der Waals surface area contributed by atoms with Gasteiger partial charge in [-0.25, -0.2) is 5.11 Å². The molecule has 0 bridgehead atoms. The predicted molar refractivity (Wildman–Crippen MR) is 37.8 cm³/mol. The molecule has 0 saturated heterocycles. The average molecular weight is 180 g/mol. The van der Waals surface area contributed by atoms with Crippen LogP contribution in [0.3, 0.4) is 0 Å². The molecule has 0 aliphatic carbocycles. The van der Waals surface area contributed by atoms with E-state index >= 15 is 0 Å². The van der Waals surface area contributed by atoms with Crippen LogP contribution in [-0.4, -0.2) is 11.9 Å². The minimum Gasteiger partial charge on any atom is -0.237 e. The van der Waals surface area contributed by atoms with E-state index in [9.17, 15) is 5.11 Å². The first-order valence-electron chi connectivity index (χ1n) is 3.06. The van der Waals surface area contributed by atoms with Gasteiger partial charge in [0.05, 0.1) is 6.61 Å². The molecule has 8 heavy (non-hydrogen) atoms. The molecule has 0 rings (SSSR count). The number of hydrogen-bond donors (Lipinski definition) is 0. The van der Waals surface area contributed by atoms with E-state index in [2.05, 4.69) is 15.9 Å². The van der Waals surface area contributed by atoms with Gasteiger partial charge in [-0.05, 0) is 12.8 Å². The van der Waals surface area contributed by atoms with Crippen LogP contribution in [0.4, 0.5) is 0 Å². The van der Waals surface area contributed by atoms with Crippen molar-refractivity contribution >= 4 is 15.9 Å². The minimum absolute atomic E-state index is 0.0995. The van der Waals surface area contributed by atoms with E-state index in [1.807, 2.05) is 0 Å². The molecule has 0 aromatic carbocycles. The van der Waals surface area contributed by atoms with Gasteiger partial charge in [0.1, 0.15) is 0 Å². The summed E-state index contributed by atoms with van der Waals surface area (Å²) < 4.78 is 0. The highest BCUT2D eigenvalue weighted by Crippen LogP contribution is 2.00. The highest BCUT2D eigenvalue weighted by atomic mass is 79.9. The molecular formula is C6H12BrO. The third kappa shape index (κ3) is 6.44. The first-order valence-corrected chi connectivity index (χ1v) is 4.18. The second kappa shape index (κ2) is 7.44. The van der Waals surface area contributed by atoms with Crippen molar-refractivity contribution in [2.75, 3.05) is 11.9 Å². The largest absolute Gasteiger partial charge is 0.237 e. The van der Waals surface area contributed by atoms with Gasteiger partial charge in [-0.1, -0.05) is 28.8 Å². The molecule has 0 amide bonds. The Kier molecular flexibility index (Phi) is 7.85. The lowest BCUT2D eigenvalue weighted by Crippen LogP contribution is -1.81. The van der Waals surface area contributed by atoms with Crippen LogP contribution >= 0.6 is 15.9 Å². The number of unbranched alkanes of at least 4 members (excludes halogenated alkanes) is 3. The van der Waals surface area contributed by atoms with Gasteiger partial charge in [-0.15, -0.1) is 0 Å². The molecule has 0 unspecified atom stereocenters. The maximum atomic E-state index is 9.88. The van der Waals surface area contributed by atoms with Crippen molar-refractivity contribution in [2.45, 2.75) is 25.7 Å². The minimum atomic E-state index is 0.0995. The van der Waals surface area contributed by atoms with Crippen LogP contribution in [0.1, 0.15) is 25.7 Å². The van der Waals surface area contributed by atoms with E-state index in [0.717, 1.165) is 18.2 Å². The molecule has 0 fully saturated rings. The first-order chi connectivity index (χ1) is 3.91. The normalized spacial score (nSPS) is 9.75. The van der Waals surface area contributed by atoms with Gasteiger partial charge in [-0.2, -0.15) is 0 Å². The Morgan fingerprint density at radius 2 is 1.62 bits per heavy atom. The zero-order valence-corrected chi connectivity index (χ0v) is 6.61. The van der Waals surface area contributed by atoms with Crippen LogP contribution in [0.5, 0.6) is 0 Å². The molecule has 0 aliphatic rings. The molecule has 0 aliphatic heterocycles. The zero-order chi connectivity index (χ0) is 6.24. The van der Waals surface area contributed by atoms with E-state index < -0.39 is 0 Å². The lowest BCUT2D eigenvalue weighted by Gasteiger charge is -1.91. The van der Waals surface area contributed by atoms with Gasteiger partial charge in [0.2, 0.25) is 0 Å². The van der Waals surface area contributed by atoms with Crippen LogP contribution < -0.4 is 0 Å². The Morgan fingerprint density at radius 3 is 2.12 bits per heavy atom. The molecule has 0 saturated carbocycles. The average Bonchev–Trinajstić information content (AvgIpc) is 1.81. The summed E-state index contributed by atoms with van der Waals surface area (Å²) in [5.74, 6) is 0. The topological polar surface area (TPSA) is 19.9 Å². The standard InChI is InChI=1S/C6H12BrO/c7-5-3-1-2-4-6-8/h1-6H2. The Morgan fingerprint density at radius 1 is 1.00 bits per heavy atom. The van der Waals surface area contributed by atoms with Crippen LogP contribution in [0.2, 0.25) is 0 Å². The van der Waals surface area contributed by atoms with Crippen LogP contribution in [-0.2, 0) is 5.11 Å². The summed E-state index contributed by atoms with van der Waals surface area (Å²) in [5, 5.41) is 11.0. The monoisotopic (exact) mass is 179 g/mol. The van der Waals surface area contributed by atoms with Crippen molar-refractivity contribution in [3.8, 4) is 0 Å². The lowest BCUT2D eigenvalue weighted by molar-refractivity contribution is 0.186. The Balaban J connectivity index is 2.53. The van der Waals surface area contributed by atoms with E-state index in [4.69, 9.17) is 0 Å². The molecule has 1 radical (unpaired) electrons. The summed E-state index contributed by atoms with van der Waals surface area (Å²) in [4.78, 5) is 0. The van der Waals surface area contributed by atoms with Crippen molar-refractivity contribution in [1.82, 2.24) is 0 Å². The summed E-state index contributed by atoms with van der Waals surface area (Å²) in [6.45, 7) is 0.0995. The molecule has 0 aromatic rings. The molecule has 49 valence electrons. The smallest absolute Gasteiger partial charge is 0.0822 e. The summed E-state index contributed by atoms with van der Waals surface area (Å²) in [5.41, 5.74) is 0. The quantitative estimate of drug-likeness (QED) is 0.457. The molecule has 0 N–H and O–H groups in total. The number of hydrogen-bond acceptors (Lipinski definition) is 0. The van der Waals surface area contributed by atoms with Crippen LogP contribution in [0, 0.1) is 0 Å². The van der Waals surface area contributed by atoms with Crippen molar-refractivity contribution < 1.29 is 5.11 Å². The fraction of sp³-hybridized carbons (Fsp3) is 1.00. The van der Waals surface area contributed by atoms with E-state index in [1.54, 1.807) is 0 Å².